The van der Waals surface area contributed by atoms with Crippen LogP contribution in [0, 0.1) is 5.92 Å². The third-order valence-electron chi connectivity index (χ3n) is 12.2. The first kappa shape index (κ1) is 49.3. The number of benzene rings is 5. The average Bonchev–Trinajstić information content (AvgIpc) is 3.76. The van der Waals surface area contributed by atoms with Gasteiger partial charge < -0.3 is 25.3 Å². The number of alkyl halides is 3. The van der Waals surface area contributed by atoms with E-state index in [-0.39, 0.29) is 24.1 Å². The van der Waals surface area contributed by atoms with Crippen LogP contribution >= 0.6 is 23.4 Å². The lowest BCUT2D eigenvalue weighted by Crippen LogP contribution is -2.37. The zero-order valence-corrected chi connectivity index (χ0v) is 39.1. The fraction of sp³-hybridized carbons (Fsp3) is 0.354. The van der Waals surface area contributed by atoms with Crippen LogP contribution in [0.3, 0.4) is 0 Å². The van der Waals surface area contributed by atoms with Crippen LogP contribution in [0.5, 0.6) is 0 Å². The SMILES string of the molecule is O=C(NS(=O)(=O)c1ccc(N[C@@H](CSc2ccccc2)C[C@@H]2CCCN2CCCO)c(S(=O)(=O)C(F)(F)F)c1)c1ccc(N2CCC([C@@H](O)c3ccccc3-c3ccc(Cl)cc3)CC2)cc1. The highest BCUT2D eigenvalue weighted by molar-refractivity contribution is 7.99. The summed E-state index contributed by atoms with van der Waals surface area (Å²) in [6.07, 6.45) is 3.33. The number of halogens is 4. The first-order valence-electron chi connectivity index (χ1n) is 21.7. The van der Waals surface area contributed by atoms with E-state index in [1.54, 1.807) is 12.1 Å². The number of carbonyl (C=O) groups is 1. The Morgan fingerprint density at radius 3 is 2.21 bits per heavy atom. The number of likely N-dealkylation sites (tertiary alicyclic amines) is 1. The molecule has 2 saturated heterocycles. The van der Waals surface area contributed by atoms with Gasteiger partial charge in [-0.1, -0.05) is 66.2 Å². The van der Waals surface area contributed by atoms with E-state index in [2.05, 4.69) is 15.1 Å². The molecule has 0 spiro atoms. The normalized spacial score (nSPS) is 17.4. The van der Waals surface area contributed by atoms with Crippen molar-refractivity contribution < 1.29 is 45.0 Å². The minimum atomic E-state index is -6.09. The number of thioether (sulfide) groups is 1. The molecule has 352 valence electrons. The van der Waals surface area contributed by atoms with Gasteiger partial charge in [0.15, 0.2) is 0 Å². The molecule has 11 nitrogen and oxygen atoms in total. The summed E-state index contributed by atoms with van der Waals surface area (Å²) in [5.41, 5.74) is -2.77. The summed E-state index contributed by atoms with van der Waals surface area (Å²) in [6, 6.07) is 32.5. The van der Waals surface area contributed by atoms with Crippen molar-refractivity contribution >= 4 is 60.5 Å². The molecule has 2 aliphatic rings. The fourth-order valence-electron chi connectivity index (χ4n) is 8.73. The average molecular weight is 986 g/mol. The number of aliphatic hydroxyl groups is 2. The zero-order chi connectivity index (χ0) is 47.1. The lowest BCUT2D eigenvalue weighted by atomic mass is 9.84. The molecule has 0 aliphatic carbocycles. The quantitative estimate of drug-likeness (QED) is 0.0621. The van der Waals surface area contributed by atoms with Crippen molar-refractivity contribution in [2.75, 3.05) is 48.8 Å². The third-order valence-corrected chi connectivity index (χ3v) is 16.5. The van der Waals surface area contributed by atoms with Gasteiger partial charge in [0.25, 0.3) is 25.8 Å². The van der Waals surface area contributed by atoms with Gasteiger partial charge >= 0.3 is 5.51 Å². The van der Waals surface area contributed by atoms with Gasteiger partial charge in [0.05, 0.1) is 16.7 Å². The number of carbonyl (C=O) groups excluding carboxylic acids is 1. The molecule has 7 rings (SSSR count). The van der Waals surface area contributed by atoms with Gasteiger partial charge in [-0.05, 0) is 134 Å². The lowest BCUT2D eigenvalue weighted by molar-refractivity contribution is -0.0435. The molecule has 0 radical (unpaired) electrons. The maximum atomic E-state index is 14.3. The minimum Gasteiger partial charge on any atom is -0.396 e. The summed E-state index contributed by atoms with van der Waals surface area (Å²) in [5, 5.41) is 24.6. The minimum absolute atomic E-state index is 0.00652. The molecule has 0 saturated carbocycles. The standard InChI is InChI=1S/C48H52ClF3N4O7S3/c49-36-17-13-33(14-18-36)42-11-4-5-12-43(42)46(58)34-23-27-56(28-24-34)38-19-15-35(16-20-38)47(59)54-66(62,63)41-21-22-44(45(31-41)65(60,61)48(50,51)52)53-37(32-64-40-9-2-1-3-10-40)30-39-8-6-25-55(39)26-7-29-57/h1-5,9-22,31,34,37,39,46,53,57-58H,6-8,23-30,32H2,(H,54,59)/t37-,39+,46-/m1/s1. The Morgan fingerprint density at radius 1 is 0.848 bits per heavy atom. The summed E-state index contributed by atoms with van der Waals surface area (Å²) >= 11 is 7.54. The second-order valence-corrected chi connectivity index (χ2v) is 21.7. The van der Waals surface area contributed by atoms with E-state index in [1.165, 1.54) is 23.9 Å². The Balaban J connectivity index is 1.04. The van der Waals surface area contributed by atoms with E-state index in [1.807, 2.05) is 83.6 Å². The molecule has 0 aromatic heterocycles. The molecule has 2 fully saturated rings. The molecule has 66 heavy (non-hydrogen) atoms. The first-order valence-corrected chi connectivity index (χ1v) is 26.1. The van der Waals surface area contributed by atoms with Crippen molar-refractivity contribution in [3.8, 4) is 11.1 Å². The van der Waals surface area contributed by atoms with E-state index in [4.69, 9.17) is 11.6 Å². The highest BCUT2D eigenvalue weighted by Crippen LogP contribution is 2.39. The van der Waals surface area contributed by atoms with Gasteiger partial charge in [-0.25, -0.2) is 21.6 Å². The number of piperidine rings is 1. The van der Waals surface area contributed by atoms with E-state index >= 15 is 0 Å². The topological polar surface area (TPSA) is 156 Å². The van der Waals surface area contributed by atoms with Crippen LogP contribution in [0.1, 0.15) is 60.6 Å². The van der Waals surface area contributed by atoms with Gasteiger partial charge in [0.1, 0.15) is 4.90 Å². The number of sulfonamides is 1. The Bertz CT molecular complexity index is 2660. The Morgan fingerprint density at radius 2 is 1.53 bits per heavy atom. The Hall–Kier alpha value is -4.62. The van der Waals surface area contributed by atoms with Crippen molar-refractivity contribution in [2.24, 2.45) is 5.92 Å². The van der Waals surface area contributed by atoms with E-state index in [0.717, 1.165) is 58.8 Å². The van der Waals surface area contributed by atoms with Gasteiger partial charge in [-0.3, -0.25) is 4.79 Å². The predicted octanol–water partition coefficient (Wildman–Crippen LogP) is 9.18. The number of sulfone groups is 1. The largest absolute Gasteiger partial charge is 0.501 e. The molecule has 2 heterocycles. The number of hydrogen-bond donors (Lipinski definition) is 4. The van der Waals surface area contributed by atoms with Crippen LogP contribution in [-0.2, 0) is 19.9 Å². The molecule has 0 bridgehead atoms. The smallest absolute Gasteiger partial charge is 0.396 e. The second-order valence-electron chi connectivity index (χ2n) is 16.6. The van der Waals surface area contributed by atoms with Gasteiger partial charge in [0.2, 0.25) is 0 Å². The third kappa shape index (κ3) is 11.9. The van der Waals surface area contributed by atoms with Crippen LogP contribution in [0.4, 0.5) is 24.5 Å². The second kappa shape index (κ2) is 21.6. The maximum absolute atomic E-state index is 14.3. The lowest BCUT2D eigenvalue weighted by Gasteiger charge is -2.36. The number of nitrogens with one attached hydrogen (secondary N) is 2. The number of anilines is 2. The molecule has 5 aromatic rings. The van der Waals surface area contributed by atoms with Crippen molar-refractivity contribution in [3.05, 3.63) is 137 Å². The monoisotopic (exact) mass is 984 g/mol. The summed E-state index contributed by atoms with van der Waals surface area (Å²) in [4.78, 5) is 16.4. The van der Waals surface area contributed by atoms with Crippen LogP contribution in [0.2, 0.25) is 5.02 Å². The number of aliphatic hydroxyl groups excluding tert-OH is 2. The van der Waals surface area contributed by atoms with E-state index in [0.29, 0.717) is 62.2 Å². The van der Waals surface area contributed by atoms with Crippen molar-refractivity contribution in [1.29, 1.82) is 0 Å². The van der Waals surface area contributed by atoms with Gasteiger partial charge in [-0.15, -0.1) is 11.8 Å². The molecule has 18 heteroatoms. The Labute approximate surface area is 393 Å². The van der Waals surface area contributed by atoms with Crippen LogP contribution in [0.25, 0.3) is 11.1 Å². The summed E-state index contributed by atoms with van der Waals surface area (Å²) in [7, 11) is -11.0. The summed E-state index contributed by atoms with van der Waals surface area (Å²) in [5.74, 6) is -0.741. The van der Waals surface area contributed by atoms with Crippen LogP contribution in [0.15, 0.2) is 136 Å². The number of nitrogens with zero attached hydrogens (tertiary/aromatic N) is 2. The van der Waals surface area contributed by atoms with Crippen LogP contribution < -0.4 is 14.9 Å². The first-order chi connectivity index (χ1) is 31.5. The summed E-state index contributed by atoms with van der Waals surface area (Å²) < 4.78 is 98.1. The predicted molar refractivity (Wildman–Crippen MR) is 253 cm³/mol. The van der Waals surface area contributed by atoms with Gasteiger partial charge in [0, 0.05) is 65.2 Å². The molecule has 5 aromatic carbocycles. The molecule has 1 amide bonds. The van der Waals surface area contributed by atoms with E-state index < -0.39 is 58.9 Å². The van der Waals surface area contributed by atoms with Gasteiger partial charge in [-0.2, -0.15) is 13.2 Å². The molecular formula is C48H52ClF3N4O7S3. The van der Waals surface area contributed by atoms with Crippen molar-refractivity contribution in [1.82, 2.24) is 9.62 Å². The van der Waals surface area contributed by atoms with Crippen molar-refractivity contribution in [2.45, 2.75) is 76.9 Å². The fourth-order valence-corrected chi connectivity index (χ4v) is 11.8. The Kier molecular flexibility index (Phi) is 16.1. The number of rotatable bonds is 18. The van der Waals surface area contributed by atoms with Crippen LogP contribution in [-0.4, -0.2) is 94.0 Å². The highest BCUT2D eigenvalue weighted by Gasteiger charge is 2.48. The maximum Gasteiger partial charge on any atom is 0.501 e. The van der Waals surface area contributed by atoms with Crippen molar-refractivity contribution in [3.63, 3.8) is 0 Å². The molecule has 3 atom stereocenters. The molecule has 0 unspecified atom stereocenters. The number of amides is 1. The summed E-state index contributed by atoms with van der Waals surface area (Å²) in [6.45, 7) is 2.63. The highest BCUT2D eigenvalue weighted by atomic mass is 35.5. The number of hydrogen-bond acceptors (Lipinski definition) is 11. The molecule has 2 aliphatic heterocycles. The zero-order valence-electron chi connectivity index (χ0n) is 35.9. The molecule has 4 N–H and O–H groups in total. The molecular weight excluding hydrogens is 933 g/mol. The van der Waals surface area contributed by atoms with E-state index in [9.17, 15) is 45.0 Å².